The number of halogens is 2. The summed E-state index contributed by atoms with van der Waals surface area (Å²) < 4.78 is 45.4. The molecular formula is C31H34F2O8. The van der Waals surface area contributed by atoms with Crippen LogP contribution in [-0.2, 0) is 29.4 Å². The second-order valence-corrected chi connectivity index (χ2v) is 8.99. The molecule has 41 heavy (non-hydrogen) atoms. The van der Waals surface area contributed by atoms with E-state index < -0.39 is 11.6 Å². The van der Waals surface area contributed by atoms with Crippen LogP contribution in [0.15, 0.2) is 72.8 Å². The van der Waals surface area contributed by atoms with Gasteiger partial charge in [-0.1, -0.05) is 43.0 Å². The summed E-state index contributed by atoms with van der Waals surface area (Å²) in [5, 5.41) is 8.20. The molecule has 0 saturated carbocycles. The zero-order valence-corrected chi connectivity index (χ0v) is 23.2. The van der Waals surface area contributed by atoms with Crippen LogP contribution in [0.2, 0.25) is 0 Å². The summed E-state index contributed by atoms with van der Waals surface area (Å²) in [6, 6.07) is 17.7. The third kappa shape index (κ3) is 10.3. The molecule has 8 nitrogen and oxygen atoms in total. The highest BCUT2D eigenvalue weighted by molar-refractivity contribution is 5.86. The topological polar surface area (TPSA) is 81.7 Å². The van der Waals surface area contributed by atoms with Crippen LogP contribution in [0.25, 0.3) is 22.3 Å². The molecule has 0 aromatic heterocycles. The summed E-state index contributed by atoms with van der Waals surface area (Å²) in [5.41, 5.74) is 2.94. The summed E-state index contributed by atoms with van der Waals surface area (Å²) in [5.74, 6) is -1.94. The lowest BCUT2D eigenvalue weighted by Crippen LogP contribution is -2.09. The van der Waals surface area contributed by atoms with Crippen LogP contribution in [0.3, 0.4) is 0 Å². The molecule has 0 amide bonds. The minimum atomic E-state index is -1.10. The number of hydrogen-bond donors (Lipinski definition) is 0. The van der Waals surface area contributed by atoms with Crippen molar-refractivity contribution in [2.45, 2.75) is 32.6 Å². The molecule has 0 aliphatic heterocycles. The SMILES string of the molecule is C=C(C)C(=O)OCCCCCCOc1ccc(-c2ccc(-c3ccc(OCCOOOOC)c(F)c3F)cc2)cc1. The van der Waals surface area contributed by atoms with E-state index in [0.717, 1.165) is 42.6 Å². The van der Waals surface area contributed by atoms with E-state index in [9.17, 15) is 13.6 Å². The van der Waals surface area contributed by atoms with Crippen molar-refractivity contribution in [1.82, 2.24) is 0 Å². The third-order valence-electron chi connectivity index (χ3n) is 5.89. The number of unbranched alkanes of at least 4 members (excludes halogenated alkanes) is 3. The van der Waals surface area contributed by atoms with Crippen molar-refractivity contribution < 1.29 is 47.6 Å². The molecule has 3 aromatic rings. The van der Waals surface area contributed by atoms with Crippen LogP contribution >= 0.6 is 0 Å². The Morgan fingerprint density at radius 3 is 2.00 bits per heavy atom. The maximum atomic E-state index is 14.8. The Bertz CT molecular complexity index is 1250. The van der Waals surface area contributed by atoms with Gasteiger partial charge in [0.2, 0.25) is 5.82 Å². The largest absolute Gasteiger partial charge is 0.494 e. The number of carbonyl (C=O) groups excluding carboxylic acids is 1. The lowest BCUT2D eigenvalue weighted by Gasteiger charge is -2.11. The first-order chi connectivity index (χ1) is 19.9. The second kappa shape index (κ2) is 17.1. The van der Waals surface area contributed by atoms with Crippen molar-refractivity contribution in [2.75, 3.05) is 33.5 Å². The molecule has 0 N–H and O–H groups in total. The number of rotatable bonds is 18. The van der Waals surface area contributed by atoms with Gasteiger partial charge in [-0.3, -0.25) is 0 Å². The summed E-state index contributed by atoms with van der Waals surface area (Å²) in [4.78, 5) is 20.0. The van der Waals surface area contributed by atoms with Crippen LogP contribution in [0.1, 0.15) is 32.6 Å². The highest BCUT2D eigenvalue weighted by atomic mass is 19.2. The summed E-state index contributed by atoms with van der Waals surface area (Å²) >= 11 is 0. The highest BCUT2D eigenvalue weighted by Gasteiger charge is 2.16. The van der Waals surface area contributed by atoms with E-state index in [0.29, 0.717) is 24.4 Å². The predicted octanol–water partition coefficient (Wildman–Crippen LogP) is 7.18. The number of benzene rings is 3. The molecule has 0 saturated heterocycles. The van der Waals surface area contributed by atoms with Crippen molar-refractivity contribution in [2.24, 2.45) is 0 Å². The molecule has 0 aliphatic carbocycles. The van der Waals surface area contributed by atoms with E-state index in [1.165, 1.54) is 19.2 Å². The van der Waals surface area contributed by atoms with Crippen LogP contribution < -0.4 is 9.47 Å². The van der Waals surface area contributed by atoms with Gasteiger partial charge in [-0.25, -0.2) is 19.0 Å². The van der Waals surface area contributed by atoms with E-state index in [-0.39, 0.29) is 30.5 Å². The lowest BCUT2D eigenvalue weighted by molar-refractivity contribution is -0.628. The fourth-order valence-corrected chi connectivity index (χ4v) is 3.75. The average Bonchev–Trinajstić information content (AvgIpc) is 2.98. The van der Waals surface area contributed by atoms with Gasteiger partial charge in [0.05, 0.1) is 20.3 Å². The minimum absolute atomic E-state index is 0.0987. The first-order valence-electron chi connectivity index (χ1n) is 13.2. The van der Waals surface area contributed by atoms with Gasteiger partial charge in [0.1, 0.15) is 19.0 Å². The van der Waals surface area contributed by atoms with Crippen molar-refractivity contribution in [3.05, 3.63) is 84.5 Å². The zero-order valence-electron chi connectivity index (χ0n) is 23.2. The summed E-state index contributed by atoms with van der Waals surface area (Å²) in [6.07, 6.45) is 3.64. The quantitative estimate of drug-likeness (QED) is 0.0522. The van der Waals surface area contributed by atoms with Crippen LogP contribution in [-0.4, -0.2) is 39.5 Å². The van der Waals surface area contributed by atoms with E-state index in [1.54, 1.807) is 19.1 Å². The molecule has 3 aromatic carbocycles. The Morgan fingerprint density at radius 1 is 0.707 bits per heavy atom. The first kappa shape index (κ1) is 31.7. The molecule has 0 aliphatic rings. The Kier molecular flexibility index (Phi) is 13.2. The van der Waals surface area contributed by atoms with Gasteiger partial charge in [-0.05, 0) is 83.6 Å². The predicted molar refractivity (Wildman–Crippen MR) is 148 cm³/mol. The van der Waals surface area contributed by atoms with Gasteiger partial charge in [-0.2, -0.15) is 4.39 Å². The van der Waals surface area contributed by atoms with E-state index in [4.69, 9.17) is 14.2 Å². The van der Waals surface area contributed by atoms with Gasteiger partial charge in [0.15, 0.2) is 11.6 Å². The van der Waals surface area contributed by atoms with Gasteiger partial charge in [0.25, 0.3) is 0 Å². The van der Waals surface area contributed by atoms with Crippen LogP contribution in [0.4, 0.5) is 8.78 Å². The Morgan fingerprint density at radius 2 is 1.34 bits per heavy atom. The number of ether oxygens (including phenoxy) is 3. The van der Waals surface area contributed by atoms with Crippen LogP contribution in [0.5, 0.6) is 11.5 Å². The second-order valence-electron chi connectivity index (χ2n) is 8.99. The monoisotopic (exact) mass is 572 g/mol. The van der Waals surface area contributed by atoms with Crippen molar-refractivity contribution in [1.29, 1.82) is 0 Å². The number of carbonyl (C=O) groups is 1. The molecule has 0 atom stereocenters. The van der Waals surface area contributed by atoms with Gasteiger partial charge < -0.3 is 14.2 Å². The normalized spacial score (nSPS) is 10.8. The standard InChI is InChI=1S/C31H34F2O8/c1-22(2)31(34)38-19-7-5-4-6-18-36-26-14-12-24(13-15-26)23-8-10-25(11-9-23)27-16-17-28(30(33)29(27)32)37-20-21-39-41-40-35-3/h8-17H,1,4-7,18-21H2,2-3H3. The Labute approximate surface area is 238 Å². The smallest absolute Gasteiger partial charge is 0.333 e. The summed E-state index contributed by atoms with van der Waals surface area (Å²) in [7, 11) is 1.23. The average molecular weight is 573 g/mol. The molecule has 10 heteroatoms. The molecule has 220 valence electrons. The fraction of sp³-hybridized carbons (Fsp3) is 0.323. The van der Waals surface area contributed by atoms with Crippen molar-refractivity contribution in [3.8, 4) is 33.8 Å². The fourth-order valence-electron chi connectivity index (χ4n) is 3.75. The van der Waals surface area contributed by atoms with Crippen LogP contribution in [0, 0.1) is 11.6 Å². The van der Waals surface area contributed by atoms with E-state index in [1.807, 2.05) is 36.4 Å². The Hall–Kier alpha value is -3.83. The van der Waals surface area contributed by atoms with Gasteiger partial charge in [-0.15, -0.1) is 0 Å². The molecule has 0 bridgehead atoms. The lowest BCUT2D eigenvalue weighted by atomic mass is 9.99. The van der Waals surface area contributed by atoms with Crippen molar-refractivity contribution >= 4 is 5.97 Å². The maximum absolute atomic E-state index is 14.8. The molecule has 0 unspecified atom stereocenters. The summed E-state index contributed by atoms with van der Waals surface area (Å²) in [6.45, 7) is 5.99. The zero-order chi connectivity index (χ0) is 29.5. The molecule has 0 heterocycles. The molecule has 0 spiro atoms. The molecule has 0 fully saturated rings. The minimum Gasteiger partial charge on any atom is -0.494 e. The first-order valence-corrected chi connectivity index (χ1v) is 13.2. The number of hydrogen-bond acceptors (Lipinski definition) is 8. The Balaban J connectivity index is 1.44. The van der Waals surface area contributed by atoms with Gasteiger partial charge >= 0.3 is 5.97 Å². The van der Waals surface area contributed by atoms with Gasteiger partial charge in [0, 0.05) is 11.1 Å². The molecule has 0 radical (unpaired) electrons. The van der Waals surface area contributed by atoms with E-state index >= 15 is 0 Å². The van der Waals surface area contributed by atoms with E-state index in [2.05, 4.69) is 26.4 Å². The maximum Gasteiger partial charge on any atom is 0.333 e. The van der Waals surface area contributed by atoms with Crippen molar-refractivity contribution in [3.63, 3.8) is 0 Å². The number of esters is 1. The molecule has 3 rings (SSSR count). The highest BCUT2D eigenvalue weighted by Crippen LogP contribution is 2.31. The third-order valence-corrected chi connectivity index (χ3v) is 5.89. The molecular weight excluding hydrogens is 538 g/mol.